The van der Waals surface area contributed by atoms with Crippen LogP contribution in [0.4, 0.5) is 5.69 Å². The molecule has 164 valence electrons. The smallest absolute Gasteiger partial charge is 0.278 e. The molecule has 2 heterocycles. The van der Waals surface area contributed by atoms with E-state index in [1.165, 1.54) is 7.11 Å². The summed E-state index contributed by atoms with van der Waals surface area (Å²) in [7, 11) is 1.54. The number of carbonyl (C=O) groups is 2. The molecular formula is C23H28N4O4. The minimum absolute atomic E-state index is 0.000899. The molecular weight excluding hydrogens is 396 g/mol. The van der Waals surface area contributed by atoms with Crippen LogP contribution in [0.3, 0.4) is 0 Å². The fourth-order valence-corrected chi connectivity index (χ4v) is 4.19. The minimum Gasteiger partial charge on any atom is -0.477 e. The van der Waals surface area contributed by atoms with Crippen LogP contribution in [0, 0.1) is 12.8 Å². The summed E-state index contributed by atoms with van der Waals surface area (Å²) in [6.07, 6.45) is 6.67. The quantitative estimate of drug-likeness (QED) is 0.766. The fraction of sp³-hybridized carbons (Fsp3) is 0.478. The standard InChI is InChI=1S/C23H28N4O4/c1-15-3-7-18(8-4-15)27-14-16(13-20(27)28)21(29)26-17-5-9-19(10-6-17)31-23-22(30-2)24-11-12-25-23/h3-4,7-8,11-12,16-17,19H,5-6,9-10,13-14H2,1-2H3,(H,26,29). The van der Waals surface area contributed by atoms with Crippen molar-refractivity contribution in [1.82, 2.24) is 15.3 Å². The maximum atomic E-state index is 12.8. The van der Waals surface area contributed by atoms with Gasteiger partial charge in [0.1, 0.15) is 6.10 Å². The number of hydrogen-bond donors (Lipinski definition) is 1. The van der Waals surface area contributed by atoms with Gasteiger partial charge < -0.3 is 19.7 Å². The fourth-order valence-electron chi connectivity index (χ4n) is 4.19. The van der Waals surface area contributed by atoms with Gasteiger partial charge in [0.25, 0.3) is 11.8 Å². The minimum atomic E-state index is -0.313. The molecule has 0 radical (unpaired) electrons. The lowest BCUT2D eigenvalue weighted by molar-refractivity contribution is -0.127. The van der Waals surface area contributed by atoms with Gasteiger partial charge in [-0.25, -0.2) is 9.97 Å². The first-order chi connectivity index (χ1) is 15.0. The van der Waals surface area contributed by atoms with E-state index >= 15 is 0 Å². The first kappa shape index (κ1) is 21.1. The van der Waals surface area contributed by atoms with Crippen molar-refractivity contribution in [1.29, 1.82) is 0 Å². The van der Waals surface area contributed by atoms with Gasteiger partial charge in [0.2, 0.25) is 11.8 Å². The lowest BCUT2D eigenvalue weighted by atomic mass is 9.92. The summed E-state index contributed by atoms with van der Waals surface area (Å²) < 4.78 is 11.1. The Balaban J connectivity index is 1.26. The Morgan fingerprint density at radius 2 is 1.74 bits per heavy atom. The molecule has 1 aromatic heterocycles. The Bertz CT molecular complexity index is 925. The van der Waals surface area contributed by atoms with E-state index < -0.39 is 0 Å². The summed E-state index contributed by atoms with van der Waals surface area (Å²) in [6, 6.07) is 7.92. The lowest BCUT2D eigenvalue weighted by Crippen LogP contribution is -2.43. The van der Waals surface area contributed by atoms with E-state index in [2.05, 4.69) is 15.3 Å². The maximum absolute atomic E-state index is 12.8. The SMILES string of the molecule is COc1nccnc1OC1CCC(NC(=O)C2CC(=O)N(c3ccc(C)cc3)C2)CC1. The molecule has 0 bridgehead atoms. The Hall–Kier alpha value is -3.16. The summed E-state index contributed by atoms with van der Waals surface area (Å²) in [6.45, 7) is 2.44. The van der Waals surface area contributed by atoms with Gasteiger partial charge in [0.15, 0.2) is 0 Å². The third-order valence-corrected chi connectivity index (χ3v) is 5.97. The molecule has 1 N–H and O–H groups in total. The van der Waals surface area contributed by atoms with Crippen molar-refractivity contribution in [3.63, 3.8) is 0 Å². The molecule has 2 aromatic rings. The second kappa shape index (κ2) is 9.32. The van der Waals surface area contributed by atoms with Crippen LogP contribution in [0.2, 0.25) is 0 Å². The van der Waals surface area contributed by atoms with E-state index in [1.54, 1.807) is 17.3 Å². The number of aryl methyl sites for hydroxylation is 1. The first-order valence-corrected chi connectivity index (χ1v) is 10.7. The lowest BCUT2D eigenvalue weighted by Gasteiger charge is -2.30. The predicted octanol–water partition coefficient (Wildman–Crippen LogP) is 2.65. The van der Waals surface area contributed by atoms with Gasteiger partial charge in [0.05, 0.1) is 13.0 Å². The van der Waals surface area contributed by atoms with Gasteiger partial charge in [0, 0.05) is 37.1 Å². The van der Waals surface area contributed by atoms with E-state index in [1.807, 2.05) is 31.2 Å². The molecule has 1 aliphatic carbocycles. The van der Waals surface area contributed by atoms with E-state index in [9.17, 15) is 9.59 Å². The monoisotopic (exact) mass is 424 g/mol. The zero-order valence-corrected chi connectivity index (χ0v) is 17.9. The van der Waals surface area contributed by atoms with Crippen LogP contribution in [0.15, 0.2) is 36.7 Å². The van der Waals surface area contributed by atoms with E-state index in [4.69, 9.17) is 9.47 Å². The normalized spacial score (nSPS) is 23.5. The Morgan fingerprint density at radius 3 is 2.42 bits per heavy atom. The van der Waals surface area contributed by atoms with E-state index in [0.29, 0.717) is 18.3 Å². The number of methoxy groups -OCH3 is 1. The topological polar surface area (TPSA) is 93.6 Å². The number of benzene rings is 1. The van der Waals surface area contributed by atoms with Crippen LogP contribution in [-0.4, -0.2) is 47.6 Å². The molecule has 31 heavy (non-hydrogen) atoms. The third-order valence-electron chi connectivity index (χ3n) is 5.97. The third kappa shape index (κ3) is 4.95. The second-order valence-corrected chi connectivity index (χ2v) is 8.21. The summed E-state index contributed by atoms with van der Waals surface area (Å²) in [5.41, 5.74) is 1.99. The highest BCUT2D eigenvalue weighted by Crippen LogP contribution is 2.29. The number of hydrogen-bond acceptors (Lipinski definition) is 6. The molecule has 1 unspecified atom stereocenters. The maximum Gasteiger partial charge on any atom is 0.278 e. The highest BCUT2D eigenvalue weighted by atomic mass is 16.5. The number of aromatic nitrogens is 2. The Labute approximate surface area is 182 Å². The van der Waals surface area contributed by atoms with Crippen molar-refractivity contribution in [2.75, 3.05) is 18.6 Å². The summed E-state index contributed by atoms with van der Waals surface area (Å²) in [4.78, 5) is 35.2. The van der Waals surface area contributed by atoms with Crippen LogP contribution < -0.4 is 19.7 Å². The van der Waals surface area contributed by atoms with Crippen LogP contribution in [0.1, 0.15) is 37.7 Å². The summed E-state index contributed by atoms with van der Waals surface area (Å²) in [5.74, 6) is 0.425. The van der Waals surface area contributed by atoms with Gasteiger partial charge in [-0.3, -0.25) is 9.59 Å². The molecule has 1 aliphatic heterocycles. The molecule has 2 aliphatic rings. The average molecular weight is 425 g/mol. The number of anilines is 1. The van der Waals surface area contributed by atoms with Crippen molar-refractivity contribution in [2.45, 2.75) is 51.2 Å². The summed E-state index contributed by atoms with van der Waals surface area (Å²) in [5, 5.41) is 3.14. The second-order valence-electron chi connectivity index (χ2n) is 8.21. The zero-order valence-electron chi connectivity index (χ0n) is 17.9. The van der Waals surface area contributed by atoms with E-state index in [-0.39, 0.29) is 36.3 Å². The van der Waals surface area contributed by atoms with Crippen LogP contribution in [-0.2, 0) is 9.59 Å². The summed E-state index contributed by atoms with van der Waals surface area (Å²) >= 11 is 0. The van der Waals surface area contributed by atoms with Gasteiger partial charge in [-0.1, -0.05) is 17.7 Å². The van der Waals surface area contributed by atoms with Crippen molar-refractivity contribution in [2.24, 2.45) is 5.92 Å². The largest absolute Gasteiger partial charge is 0.477 e. The number of amides is 2. The van der Waals surface area contributed by atoms with Crippen molar-refractivity contribution < 1.29 is 19.1 Å². The molecule has 4 rings (SSSR count). The molecule has 1 saturated carbocycles. The molecule has 8 nitrogen and oxygen atoms in total. The Morgan fingerprint density at radius 1 is 1.06 bits per heavy atom. The molecule has 2 amide bonds. The predicted molar refractivity (Wildman–Crippen MR) is 115 cm³/mol. The first-order valence-electron chi connectivity index (χ1n) is 10.7. The highest BCUT2D eigenvalue weighted by molar-refractivity contribution is 6.00. The van der Waals surface area contributed by atoms with Gasteiger partial charge in [-0.15, -0.1) is 0 Å². The van der Waals surface area contributed by atoms with Crippen LogP contribution in [0.25, 0.3) is 0 Å². The van der Waals surface area contributed by atoms with Crippen molar-refractivity contribution in [3.8, 4) is 11.8 Å². The van der Waals surface area contributed by atoms with Crippen molar-refractivity contribution >= 4 is 17.5 Å². The number of nitrogens with one attached hydrogen (secondary N) is 1. The number of nitrogens with zero attached hydrogens (tertiary/aromatic N) is 3. The van der Waals surface area contributed by atoms with Gasteiger partial charge in [-0.05, 0) is 44.7 Å². The molecule has 0 spiro atoms. The van der Waals surface area contributed by atoms with E-state index in [0.717, 1.165) is 36.9 Å². The van der Waals surface area contributed by atoms with Crippen molar-refractivity contribution in [3.05, 3.63) is 42.2 Å². The number of rotatable bonds is 6. The van der Waals surface area contributed by atoms with Crippen LogP contribution >= 0.6 is 0 Å². The Kier molecular flexibility index (Phi) is 6.34. The zero-order chi connectivity index (χ0) is 21.8. The van der Waals surface area contributed by atoms with Crippen LogP contribution in [0.5, 0.6) is 11.8 Å². The molecule has 1 aromatic carbocycles. The van der Waals surface area contributed by atoms with Gasteiger partial charge >= 0.3 is 0 Å². The number of carbonyl (C=O) groups excluding carboxylic acids is 2. The molecule has 2 fully saturated rings. The number of ether oxygens (including phenoxy) is 2. The molecule has 1 saturated heterocycles. The average Bonchev–Trinajstić information content (AvgIpc) is 3.18. The van der Waals surface area contributed by atoms with Gasteiger partial charge in [-0.2, -0.15) is 0 Å². The molecule has 1 atom stereocenters. The molecule has 8 heteroatoms. The highest BCUT2D eigenvalue weighted by Gasteiger charge is 2.36.